The van der Waals surface area contributed by atoms with Crippen LogP contribution in [0.25, 0.3) is 0 Å². The number of hydrogen-bond donors (Lipinski definition) is 1. The molecule has 2 aliphatic rings. The molecular formula is C12H21NO2. The van der Waals surface area contributed by atoms with Gasteiger partial charge in [0.25, 0.3) is 0 Å². The molecule has 1 saturated carbocycles. The molecule has 3 nitrogen and oxygen atoms in total. The highest BCUT2D eigenvalue weighted by Gasteiger charge is 2.52. The standard InChI is InChI=1S/C12H21NO2/c1-2-3-7-15-11(14)12-6-4-5-10(12)8-13-9-12/h10,13H,2-9H2,1H3. The van der Waals surface area contributed by atoms with Crippen molar-refractivity contribution in [2.75, 3.05) is 19.7 Å². The SMILES string of the molecule is CCCCOC(=O)C12CCCC1CNC2. The number of esters is 1. The van der Waals surface area contributed by atoms with E-state index in [0.717, 1.165) is 32.4 Å². The lowest BCUT2D eigenvalue weighted by molar-refractivity contribution is -0.156. The third kappa shape index (κ3) is 1.89. The largest absolute Gasteiger partial charge is 0.465 e. The molecule has 1 aliphatic carbocycles. The fourth-order valence-corrected chi connectivity index (χ4v) is 2.94. The van der Waals surface area contributed by atoms with Crippen LogP contribution < -0.4 is 5.32 Å². The lowest BCUT2D eigenvalue weighted by atomic mass is 9.81. The summed E-state index contributed by atoms with van der Waals surface area (Å²) in [5.41, 5.74) is -0.159. The average Bonchev–Trinajstić information content (AvgIpc) is 2.76. The molecule has 1 heterocycles. The van der Waals surface area contributed by atoms with E-state index in [0.29, 0.717) is 12.5 Å². The monoisotopic (exact) mass is 211 g/mol. The number of carbonyl (C=O) groups excluding carboxylic acids is 1. The van der Waals surface area contributed by atoms with Crippen molar-refractivity contribution in [3.05, 3.63) is 0 Å². The Kier molecular flexibility index (Phi) is 3.29. The predicted molar refractivity (Wildman–Crippen MR) is 58.5 cm³/mol. The van der Waals surface area contributed by atoms with Gasteiger partial charge in [-0.3, -0.25) is 4.79 Å². The summed E-state index contributed by atoms with van der Waals surface area (Å²) in [5, 5.41) is 3.34. The number of carbonyl (C=O) groups is 1. The quantitative estimate of drug-likeness (QED) is 0.568. The van der Waals surface area contributed by atoms with Crippen LogP contribution in [-0.4, -0.2) is 25.7 Å². The van der Waals surface area contributed by atoms with Crippen molar-refractivity contribution in [2.45, 2.75) is 39.0 Å². The normalized spacial score (nSPS) is 34.1. The van der Waals surface area contributed by atoms with Crippen molar-refractivity contribution >= 4 is 5.97 Å². The van der Waals surface area contributed by atoms with E-state index >= 15 is 0 Å². The van der Waals surface area contributed by atoms with Crippen LogP contribution in [0, 0.1) is 11.3 Å². The highest BCUT2D eigenvalue weighted by atomic mass is 16.5. The number of fused-ring (bicyclic) bond motifs is 1. The fourth-order valence-electron chi connectivity index (χ4n) is 2.94. The van der Waals surface area contributed by atoms with Crippen LogP contribution in [0.4, 0.5) is 0 Å². The molecule has 1 N–H and O–H groups in total. The molecule has 1 saturated heterocycles. The first-order valence-corrected chi connectivity index (χ1v) is 6.17. The van der Waals surface area contributed by atoms with Crippen molar-refractivity contribution < 1.29 is 9.53 Å². The Labute approximate surface area is 91.6 Å². The number of rotatable bonds is 4. The minimum atomic E-state index is -0.159. The van der Waals surface area contributed by atoms with Gasteiger partial charge in [0.1, 0.15) is 0 Å². The van der Waals surface area contributed by atoms with Gasteiger partial charge in [0.15, 0.2) is 0 Å². The summed E-state index contributed by atoms with van der Waals surface area (Å²) >= 11 is 0. The van der Waals surface area contributed by atoms with E-state index < -0.39 is 0 Å². The topological polar surface area (TPSA) is 38.3 Å². The van der Waals surface area contributed by atoms with Crippen molar-refractivity contribution in [1.82, 2.24) is 5.32 Å². The van der Waals surface area contributed by atoms with Gasteiger partial charge in [0.05, 0.1) is 12.0 Å². The average molecular weight is 211 g/mol. The molecule has 0 radical (unpaired) electrons. The molecule has 2 unspecified atom stereocenters. The zero-order valence-electron chi connectivity index (χ0n) is 9.55. The smallest absolute Gasteiger partial charge is 0.313 e. The Hall–Kier alpha value is -0.570. The van der Waals surface area contributed by atoms with Crippen molar-refractivity contribution in [3.8, 4) is 0 Å². The molecule has 0 spiro atoms. The van der Waals surface area contributed by atoms with Gasteiger partial charge in [0.2, 0.25) is 0 Å². The number of hydrogen-bond acceptors (Lipinski definition) is 3. The maximum atomic E-state index is 12.1. The van der Waals surface area contributed by atoms with Gasteiger partial charge in [-0.05, 0) is 31.7 Å². The first-order chi connectivity index (χ1) is 7.29. The highest BCUT2D eigenvalue weighted by Crippen LogP contribution is 2.46. The van der Waals surface area contributed by atoms with E-state index in [1.54, 1.807) is 0 Å². The van der Waals surface area contributed by atoms with Gasteiger partial charge in [-0.2, -0.15) is 0 Å². The second-order valence-corrected chi connectivity index (χ2v) is 4.87. The van der Waals surface area contributed by atoms with Crippen LogP contribution >= 0.6 is 0 Å². The van der Waals surface area contributed by atoms with Gasteiger partial charge < -0.3 is 10.1 Å². The predicted octanol–water partition coefficient (Wildman–Crippen LogP) is 1.72. The Morgan fingerprint density at radius 3 is 3.27 bits per heavy atom. The Bertz CT molecular complexity index is 230. The van der Waals surface area contributed by atoms with Gasteiger partial charge in [-0.25, -0.2) is 0 Å². The van der Waals surface area contributed by atoms with Crippen LogP contribution in [-0.2, 0) is 9.53 Å². The van der Waals surface area contributed by atoms with E-state index in [4.69, 9.17) is 4.74 Å². The van der Waals surface area contributed by atoms with E-state index in [9.17, 15) is 4.79 Å². The highest BCUT2D eigenvalue weighted by molar-refractivity contribution is 5.78. The summed E-state index contributed by atoms with van der Waals surface area (Å²) in [6.45, 7) is 4.55. The summed E-state index contributed by atoms with van der Waals surface area (Å²) < 4.78 is 5.39. The lowest BCUT2D eigenvalue weighted by Gasteiger charge is -2.25. The van der Waals surface area contributed by atoms with Crippen LogP contribution in [0.3, 0.4) is 0 Å². The number of nitrogens with one attached hydrogen (secondary N) is 1. The van der Waals surface area contributed by atoms with Gasteiger partial charge in [-0.1, -0.05) is 19.8 Å². The summed E-state index contributed by atoms with van der Waals surface area (Å²) in [6, 6.07) is 0. The molecule has 1 aliphatic heterocycles. The van der Waals surface area contributed by atoms with Crippen LogP contribution in [0.1, 0.15) is 39.0 Å². The lowest BCUT2D eigenvalue weighted by Crippen LogP contribution is -2.37. The van der Waals surface area contributed by atoms with Crippen molar-refractivity contribution in [3.63, 3.8) is 0 Å². The van der Waals surface area contributed by atoms with Crippen molar-refractivity contribution in [1.29, 1.82) is 0 Å². The zero-order valence-corrected chi connectivity index (χ0v) is 9.55. The molecule has 0 aromatic heterocycles. The summed E-state index contributed by atoms with van der Waals surface area (Å²) in [4.78, 5) is 12.1. The molecule has 2 fully saturated rings. The number of ether oxygens (including phenoxy) is 1. The maximum absolute atomic E-state index is 12.1. The molecular weight excluding hydrogens is 190 g/mol. The Morgan fingerprint density at radius 2 is 2.47 bits per heavy atom. The molecule has 3 heteroatoms. The third-order valence-corrected chi connectivity index (χ3v) is 3.93. The minimum Gasteiger partial charge on any atom is -0.465 e. The third-order valence-electron chi connectivity index (χ3n) is 3.93. The molecule has 2 rings (SSSR count). The number of unbranched alkanes of at least 4 members (excludes halogenated alkanes) is 1. The van der Waals surface area contributed by atoms with E-state index in [1.165, 1.54) is 12.8 Å². The van der Waals surface area contributed by atoms with E-state index in [-0.39, 0.29) is 11.4 Å². The van der Waals surface area contributed by atoms with E-state index in [1.807, 2.05) is 0 Å². The maximum Gasteiger partial charge on any atom is 0.313 e. The van der Waals surface area contributed by atoms with Gasteiger partial charge in [0, 0.05) is 6.54 Å². The van der Waals surface area contributed by atoms with Gasteiger partial charge in [-0.15, -0.1) is 0 Å². The molecule has 0 aromatic rings. The summed E-state index contributed by atoms with van der Waals surface area (Å²) in [6.07, 6.45) is 5.47. The molecule has 86 valence electrons. The van der Waals surface area contributed by atoms with Crippen LogP contribution in [0.5, 0.6) is 0 Å². The molecule has 2 atom stereocenters. The second-order valence-electron chi connectivity index (χ2n) is 4.87. The minimum absolute atomic E-state index is 0.0588. The first-order valence-electron chi connectivity index (χ1n) is 6.17. The van der Waals surface area contributed by atoms with Gasteiger partial charge >= 0.3 is 5.97 Å². The Balaban J connectivity index is 1.92. The summed E-state index contributed by atoms with van der Waals surface area (Å²) in [5.74, 6) is 0.593. The molecule has 15 heavy (non-hydrogen) atoms. The molecule has 0 bridgehead atoms. The van der Waals surface area contributed by atoms with Crippen LogP contribution in [0.2, 0.25) is 0 Å². The molecule has 0 aromatic carbocycles. The Morgan fingerprint density at radius 1 is 1.60 bits per heavy atom. The van der Waals surface area contributed by atoms with E-state index in [2.05, 4.69) is 12.2 Å². The fraction of sp³-hybridized carbons (Fsp3) is 0.917. The zero-order chi connectivity index (χ0) is 10.7. The summed E-state index contributed by atoms with van der Waals surface area (Å²) in [7, 11) is 0. The second kappa shape index (κ2) is 4.52. The first kappa shape index (κ1) is 10.9. The van der Waals surface area contributed by atoms with Crippen LogP contribution in [0.15, 0.2) is 0 Å². The van der Waals surface area contributed by atoms with Crippen molar-refractivity contribution in [2.24, 2.45) is 11.3 Å². The molecule has 0 amide bonds.